The van der Waals surface area contributed by atoms with Crippen LogP contribution >= 0.6 is 11.6 Å². The Morgan fingerprint density at radius 1 is 1.23 bits per heavy atom. The van der Waals surface area contributed by atoms with E-state index in [0.29, 0.717) is 17.1 Å². The maximum atomic E-state index is 13.0. The largest absolute Gasteiger partial charge is 0.293 e. The molecule has 2 aromatic rings. The Hall–Kier alpha value is -1.81. The molecular formula is C17H18ClN3O. The number of carbonyl (C=O) groups is 1. The number of fused-ring (bicyclic) bond motifs is 1. The number of carbonyl (C=O) groups excluding carboxylic acids is 1. The number of aryl methyl sites for hydroxylation is 1. The van der Waals surface area contributed by atoms with E-state index in [4.69, 9.17) is 11.6 Å². The molecule has 1 unspecified atom stereocenters. The van der Waals surface area contributed by atoms with Crippen molar-refractivity contribution < 1.29 is 4.79 Å². The van der Waals surface area contributed by atoms with E-state index >= 15 is 0 Å². The van der Waals surface area contributed by atoms with Gasteiger partial charge in [-0.15, -0.1) is 0 Å². The van der Waals surface area contributed by atoms with Gasteiger partial charge in [0.25, 0.3) is 0 Å². The van der Waals surface area contributed by atoms with E-state index in [2.05, 4.69) is 15.0 Å². The van der Waals surface area contributed by atoms with E-state index in [1.165, 1.54) is 0 Å². The number of halogens is 1. The molecule has 114 valence electrons. The van der Waals surface area contributed by atoms with Crippen molar-refractivity contribution in [2.24, 2.45) is 0 Å². The highest BCUT2D eigenvalue weighted by Gasteiger charge is 2.41. The molecule has 0 aliphatic heterocycles. The lowest BCUT2D eigenvalue weighted by atomic mass is 9.71. The van der Waals surface area contributed by atoms with Crippen LogP contribution in [0.3, 0.4) is 0 Å². The van der Waals surface area contributed by atoms with Crippen molar-refractivity contribution in [1.29, 1.82) is 0 Å². The number of hydrogen-bond donors (Lipinski definition) is 0. The zero-order valence-electron chi connectivity index (χ0n) is 12.9. The minimum Gasteiger partial charge on any atom is -0.293 e. The first-order chi connectivity index (χ1) is 10.4. The molecule has 0 aromatic carbocycles. The minimum absolute atomic E-state index is 0.0614. The number of Topliss-reactive ketones (excluding diaryl/α,β-unsaturated/α-hetero) is 1. The van der Waals surface area contributed by atoms with Gasteiger partial charge < -0.3 is 0 Å². The molecular weight excluding hydrogens is 298 g/mol. The number of ketones is 1. The average Bonchev–Trinajstić information content (AvgIpc) is 2.51. The molecule has 1 atom stereocenters. The second-order valence-corrected chi connectivity index (χ2v) is 6.63. The third-order valence-corrected chi connectivity index (χ3v) is 4.51. The van der Waals surface area contributed by atoms with Crippen LogP contribution < -0.4 is 0 Å². The summed E-state index contributed by atoms with van der Waals surface area (Å²) in [6.07, 6.45) is 3.14. The summed E-state index contributed by atoms with van der Waals surface area (Å²) >= 11 is 5.93. The molecule has 2 heterocycles. The quantitative estimate of drug-likeness (QED) is 0.792. The van der Waals surface area contributed by atoms with Crippen molar-refractivity contribution in [2.45, 2.75) is 44.9 Å². The molecule has 4 nitrogen and oxygen atoms in total. The third-order valence-electron chi connectivity index (χ3n) is 4.30. The topological polar surface area (TPSA) is 55.7 Å². The molecule has 0 amide bonds. The summed E-state index contributed by atoms with van der Waals surface area (Å²) in [5, 5.41) is 0.430. The van der Waals surface area contributed by atoms with Crippen LogP contribution in [0.2, 0.25) is 5.15 Å². The van der Waals surface area contributed by atoms with Gasteiger partial charge in [-0.2, -0.15) is 0 Å². The van der Waals surface area contributed by atoms with Crippen LogP contribution in [0.1, 0.15) is 60.7 Å². The summed E-state index contributed by atoms with van der Waals surface area (Å²) < 4.78 is 0. The Morgan fingerprint density at radius 2 is 2.00 bits per heavy atom. The summed E-state index contributed by atoms with van der Waals surface area (Å²) in [6.45, 7) is 6.05. The van der Waals surface area contributed by atoms with Gasteiger partial charge in [0.05, 0.1) is 16.8 Å². The standard InChI is InChI=1S/C17H18ClN3O/c1-10(2)16-19-9-7-13(21-16)17(3)8-6-12-11(15(17)22)4-5-14(18)20-12/h4-5,7,9-10H,6,8H2,1-3H3. The molecule has 2 aromatic heterocycles. The van der Waals surface area contributed by atoms with Gasteiger partial charge in [-0.3, -0.25) is 4.79 Å². The Kier molecular flexibility index (Phi) is 3.73. The maximum Gasteiger partial charge on any atom is 0.176 e. The molecule has 0 saturated carbocycles. The Bertz CT molecular complexity index is 744. The minimum atomic E-state index is -0.630. The average molecular weight is 316 g/mol. The van der Waals surface area contributed by atoms with Gasteiger partial charge >= 0.3 is 0 Å². The van der Waals surface area contributed by atoms with Gasteiger partial charge in [0.1, 0.15) is 11.0 Å². The normalized spacial score (nSPS) is 21.0. The lowest BCUT2D eigenvalue weighted by Crippen LogP contribution is -2.38. The van der Waals surface area contributed by atoms with Gasteiger partial charge in [-0.05, 0) is 38.0 Å². The molecule has 0 fully saturated rings. The molecule has 1 aliphatic carbocycles. The Labute approximate surface area is 135 Å². The number of rotatable bonds is 2. The first kappa shape index (κ1) is 15.1. The van der Waals surface area contributed by atoms with Crippen LogP contribution in [0, 0.1) is 0 Å². The molecule has 5 heteroatoms. The van der Waals surface area contributed by atoms with Gasteiger partial charge in [0, 0.05) is 17.7 Å². The Morgan fingerprint density at radius 3 is 2.73 bits per heavy atom. The highest BCUT2D eigenvalue weighted by Crippen LogP contribution is 2.37. The van der Waals surface area contributed by atoms with Crippen LogP contribution in [0.4, 0.5) is 0 Å². The zero-order chi connectivity index (χ0) is 15.9. The van der Waals surface area contributed by atoms with Gasteiger partial charge in [-0.25, -0.2) is 15.0 Å². The monoisotopic (exact) mass is 315 g/mol. The van der Waals surface area contributed by atoms with Crippen molar-refractivity contribution in [2.75, 3.05) is 0 Å². The van der Waals surface area contributed by atoms with Gasteiger partial charge in [-0.1, -0.05) is 25.4 Å². The molecule has 0 spiro atoms. The van der Waals surface area contributed by atoms with Crippen LogP contribution in [-0.2, 0) is 11.8 Å². The summed E-state index contributed by atoms with van der Waals surface area (Å²) in [6, 6.07) is 5.29. The van der Waals surface area contributed by atoms with Crippen molar-refractivity contribution in [1.82, 2.24) is 15.0 Å². The molecule has 22 heavy (non-hydrogen) atoms. The van der Waals surface area contributed by atoms with Crippen molar-refractivity contribution in [3.63, 3.8) is 0 Å². The summed E-state index contributed by atoms with van der Waals surface area (Å²) in [5.41, 5.74) is 1.60. The van der Waals surface area contributed by atoms with E-state index in [0.717, 1.165) is 23.6 Å². The van der Waals surface area contributed by atoms with Crippen LogP contribution in [0.25, 0.3) is 0 Å². The molecule has 0 radical (unpaired) electrons. The van der Waals surface area contributed by atoms with E-state index in [9.17, 15) is 4.79 Å². The maximum absolute atomic E-state index is 13.0. The van der Waals surface area contributed by atoms with Crippen LogP contribution in [-0.4, -0.2) is 20.7 Å². The second kappa shape index (κ2) is 5.43. The van der Waals surface area contributed by atoms with Crippen LogP contribution in [0.15, 0.2) is 24.4 Å². The first-order valence-corrected chi connectivity index (χ1v) is 7.83. The summed E-state index contributed by atoms with van der Waals surface area (Å²) in [4.78, 5) is 26.2. The van der Waals surface area contributed by atoms with Gasteiger partial charge in [0.15, 0.2) is 5.78 Å². The third kappa shape index (κ3) is 2.41. The van der Waals surface area contributed by atoms with Gasteiger partial charge in [0.2, 0.25) is 0 Å². The van der Waals surface area contributed by atoms with E-state index in [1.54, 1.807) is 18.3 Å². The summed E-state index contributed by atoms with van der Waals surface area (Å²) in [5.74, 6) is 1.06. The molecule has 3 rings (SSSR count). The molecule has 0 N–H and O–H groups in total. The van der Waals surface area contributed by atoms with Crippen LogP contribution in [0.5, 0.6) is 0 Å². The zero-order valence-corrected chi connectivity index (χ0v) is 13.7. The number of aromatic nitrogens is 3. The fourth-order valence-corrected chi connectivity index (χ4v) is 3.02. The van der Waals surface area contributed by atoms with E-state index < -0.39 is 5.41 Å². The second-order valence-electron chi connectivity index (χ2n) is 6.24. The fourth-order valence-electron chi connectivity index (χ4n) is 2.85. The molecule has 1 aliphatic rings. The van der Waals surface area contributed by atoms with Crippen molar-refractivity contribution in [3.05, 3.63) is 52.3 Å². The number of hydrogen-bond acceptors (Lipinski definition) is 4. The lowest BCUT2D eigenvalue weighted by molar-refractivity contribution is 0.0870. The lowest BCUT2D eigenvalue weighted by Gasteiger charge is -2.32. The van der Waals surface area contributed by atoms with E-state index in [1.807, 2.05) is 26.8 Å². The van der Waals surface area contributed by atoms with E-state index in [-0.39, 0.29) is 11.7 Å². The smallest absolute Gasteiger partial charge is 0.176 e. The molecule has 0 saturated heterocycles. The van der Waals surface area contributed by atoms with Crippen molar-refractivity contribution in [3.8, 4) is 0 Å². The highest BCUT2D eigenvalue weighted by molar-refractivity contribution is 6.29. The predicted octanol–water partition coefficient (Wildman–Crippen LogP) is 3.74. The Balaban J connectivity index is 2.06. The number of nitrogens with zero attached hydrogens (tertiary/aromatic N) is 3. The number of pyridine rings is 1. The SMILES string of the molecule is CC(C)c1nccc(C2(C)CCc3nc(Cl)ccc3C2=O)n1. The highest BCUT2D eigenvalue weighted by atomic mass is 35.5. The fraction of sp³-hybridized carbons (Fsp3) is 0.412. The predicted molar refractivity (Wildman–Crippen MR) is 85.4 cm³/mol. The molecule has 0 bridgehead atoms. The van der Waals surface area contributed by atoms with Crippen molar-refractivity contribution >= 4 is 17.4 Å². The summed E-state index contributed by atoms with van der Waals surface area (Å²) in [7, 11) is 0. The first-order valence-electron chi connectivity index (χ1n) is 7.45.